The van der Waals surface area contributed by atoms with E-state index in [0.29, 0.717) is 23.6 Å². The van der Waals surface area contributed by atoms with Gasteiger partial charge < -0.3 is 25.2 Å². The van der Waals surface area contributed by atoms with E-state index in [1.165, 1.54) is 49.1 Å². The summed E-state index contributed by atoms with van der Waals surface area (Å²) in [6.45, 7) is 4.26. The lowest BCUT2D eigenvalue weighted by molar-refractivity contribution is -0.105. The molecule has 0 radical (unpaired) electrons. The summed E-state index contributed by atoms with van der Waals surface area (Å²) in [7, 11) is 1.27. The predicted octanol–water partition coefficient (Wildman–Crippen LogP) is 5.31. The number of nitrogens with one attached hydrogen (secondary N) is 2. The van der Waals surface area contributed by atoms with Gasteiger partial charge in [-0.05, 0) is 54.3 Å². The lowest BCUT2D eigenvalue weighted by atomic mass is 9.99. The monoisotopic (exact) mass is 462 g/mol. The minimum Gasteiger partial charge on any atom is -0.506 e. The summed E-state index contributed by atoms with van der Waals surface area (Å²) in [6.07, 6.45) is 1.48. The highest BCUT2D eigenvalue weighted by Crippen LogP contribution is 2.38. The first-order valence-electron chi connectivity index (χ1n) is 10.7. The van der Waals surface area contributed by atoms with Crippen LogP contribution in [-0.2, 0) is 9.53 Å². The van der Waals surface area contributed by atoms with Crippen LogP contribution in [0.15, 0.2) is 60.7 Å². The Morgan fingerprint density at radius 3 is 2.24 bits per heavy atom. The molecule has 3 N–H and O–H groups in total. The van der Waals surface area contributed by atoms with E-state index in [4.69, 9.17) is 4.74 Å². The van der Waals surface area contributed by atoms with Crippen molar-refractivity contribution in [2.75, 3.05) is 17.7 Å². The molecule has 1 atom stereocenters. The molecule has 0 aliphatic heterocycles. The van der Waals surface area contributed by atoms with Crippen molar-refractivity contribution >= 4 is 29.7 Å². The molecule has 8 nitrogen and oxygen atoms in total. The zero-order chi connectivity index (χ0) is 24.7. The Hall–Kier alpha value is -4.33. The van der Waals surface area contributed by atoms with Crippen LogP contribution in [0.3, 0.4) is 0 Å². The van der Waals surface area contributed by atoms with Gasteiger partial charge >= 0.3 is 5.97 Å². The first-order chi connectivity index (χ1) is 16.4. The Morgan fingerprint density at radius 1 is 1.00 bits per heavy atom. The number of hydrogen-bond acceptors (Lipinski definition) is 6. The molecule has 8 heteroatoms. The number of aromatic hydroxyl groups is 1. The van der Waals surface area contributed by atoms with E-state index in [0.717, 1.165) is 6.42 Å². The molecule has 1 unspecified atom stereocenters. The van der Waals surface area contributed by atoms with E-state index in [1.807, 2.05) is 24.3 Å². The normalized spacial score (nSPS) is 11.3. The molecule has 3 aromatic carbocycles. The van der Waals surface area contributed by atoms with Gasteiger partial charge in [0.25, 0.3) is 5.91 Å². The minimum atomic E-state index is -0.512. The number of phenolic OH excluding ortho intramolecular Hbond substituents is 1. The summed E-state index contributed by atoms with van der Waals surface area (Å²) in [5.41, 5.74) is 2.08. The van der Waals surface area contributed by atoms with Gasteiger partial charge in [-0.25, -0.2) is 4.79 Å². The van der Waals surface area contributed by atoms with Gasteiger partial charge in [0, 0.05) is 17.7 Å². The second kappa shape index (κ2) is 11.0. The van der Waals surface area contributed by atoms with Gasteiger partial charge in [-0.1, -0.05) is 26.0 Å². The first-order valence-corrected chi connectivity index (χ1v) is 10.7. The van der Waals surface area contributed by atoms with Crippen molar-refractivity contribution in [2.45, 2.75) is 26.2 Å². The van der Waals surface area contributed by atoms with E-state index in [-0.39, 0.29) is 28.4 Å². The number of anilines is 2. The van der Waals surface area contributed by atoms with Crippen molar-refractivity contribution in [3.8, 4) is 17.2 Å². The smallest absolute Gasteiger partial charge is 0.337 e. The minimum absolute atomic E-state index is 0.0877. The summed E-state index contributed by atoms with van der Waals surface area (Å²) in [6, 6.07) is 16.2. The second-order valence-corrected chi connectivity index (χ2v) is 7.63. The zero-order valence-corrected chi connectivity index (χ0v) is 19.1. The fraction of sp³-hybridized carbons (Fsp3) is 0.192. The Kier molecular flexibility index (Phi) is 7.87. The lowest BCUT2D eigenvalue weighted by Crippen LogP contribution is -2.13. The maximum absolute atomic E-state index is 12.7. The maximum atomic E-state index is 12.7. The Morgan fingerprint density at radius 2 is 1.65 bits per heavy atom. The van der Waals surface area contributed by atoms with Crippen molar-refractivity contribution in [2.24, 2.45) is 0 Å². The highest BCUT2D eigenvalue weighted by atomic mass is 16.5. The number of esters is 1. The van der Waals surface area contributed by atoms with Crippen molar-refractivity contribution in [1.82, 2.24) is 0 Å². The number of amides is 2. The molecule has 0 bridgehead atoms. The summed E-state index contributed by atoms with van der Waals surface area (Å²) >= 11 is 0. The van der Waals surface area contributed by atoms with Crippen LogP contribution in [0.25, 0.3) is 0 Å². The topological polar surface area (TPSA) is 114 Å². The number of carbonyl (C=O) groups excluding carboxylic acids is 3. The van der Waals surface area contributed by atoms with E-state index < -0.39 is 11.9 Å². The van der Waals surface area contributed by atoms with Gasteiger partial charge in [0.15, 0.2) is 5.75 Å². The standard InChI is InChI=1S/C26H26N2O6/c1-4-16(2)17-9-11-20(12-10-17)34-24-14-21(23(30)13-22(24)27-15-29)28-25(31)18-5-7-19(8-6-18)26(32)33-3/h5-16,30H,4H2,1-3H3,(H,27,29)(H,28,31). The third-order valence-corrected chi connectivity index (χ3v) is 5.42. The average molecular weight is 463 g/mol. The molecule has 3 rings (SSSR count). The Balaban J connectivity index is 1.84. The third-order valence-electron chi connectivity index (χ3n) is 5.42. The molecule has 0 aliphatic rings. The molecule has 0 aromatic heterocycles. The fourth-order valence-corrected chi connectivity index (χ4v) is 3.23. The number of phenols is 1. The summed E-state index contributed by atoms with van der Waals surface area (Å²) < 4.78 is 10.6. The molecule has 2 amide bonds. The highest BCUT2D eigenvalue weighted by molar-refractivity contribution is 6.06. The Bertz CT molecular complexity index is 1170. The molecule has 0 spiro atoms. The second-order valence-electron chi connectivity index (χ2n) is 7.63. The zero-order valence-electron chi connectivity index (χ0n) is 19.1. The lowest BCUT2D eigenvalue weighted by Gasteiger charge is -2.15. The van der Waals surface area contributed by atoms with Gasteiger partial charge in [-0.2, -0.15) is 0 Å². The number of ether oxygens (including phenoxy) is 2. The molecule has 34 heavy (non-hydrogen) atoms. The molecule has 0 saturated heterocycles. The van der Waals surface area contributed by atoms with E-state index >= 15 is 0 Å². The average Bonchev–Trinajstić information content (AvgIpc) is 2.86. The summed E-state index contributed by atoms with van der Waals surface area (Å²) in [5.74, 6) is -0.102. The highest BCUT2D eigenvalue weighted by Gasteiger charge is 2.16. The number of carbonyl (C=O) groups is 3. The van der Waals surface area contributed by atoms with Gasteiger partial charge in [0.1, 0.15) is 11.5 Å². The quantitative estimate of drug-likeness (QED) is 0.226. The third kappa shape index (κ3) is 5.72. The number of methoxy groups -OCH3 is 1. The van der Waals surface area contributed by atoms with Crippen molar-refractivity contribution in [1.29, 1.82) is 0 Å². The Labute approximate surface area is 197 Å². The molecule has 0 aliphatic carbocycles. The van der Waals surface area contributed by atoms with Gasteiger partial charge in [0.2, 0.25) is 6.41 Å². The van der Waals surface area contributed by atoms with Crippen LogP contribution in [0.2, 0.25) is 0 Å². The number of rotatable bonds is 9. The number of benzene rings is 3. The first kappa shape index (κ1) is 24.3. The van der Waals surface area contributed by atoms with Crippen LogP contribution in [0.4, 0.5) is 11.4 Å². The molecule has 0 fully saturated rings. The van der Waals surface area contributed by atoms with Crippen LogP contribution in [0.5, 0.6) is 17.2 Å². The van der Waals surface area contributed by atoms with Crippen molar-refractivity contribution in [3.05, 3.63) is 77.4 Å². The van der Waals surface area contributed by atoms with E-state index in [9.17, 15) is 19.5 Å². The summed E-state index contributed by atoms with van der Waals surface area (Å²) in [5, 5.41) is 15.5. The van der Waals surface area contributed by atoms with Crippen LogP contribution >= 0.6 is 0 Å². The van der Waals surface area contributed by atoms with Crippen LogP contribution in [-0.4, -0.2) is 30.5 Å². The predicted molar refractivity (Wildman–Crippen MR) is 129 cm³/mol. The maximum Gasteiger partial charge on any atom is 0.337 e. The number of hydrogen-bond donors (Lipinski definition) is 3. The van der Waals surface area contributed by atoms with Gasteiger partial charge in [0.05, 0.1) is 24.0 Å². The van der Waals surface area contributed by atoms with Crippen LogP contribution in [0.1, 0.15) is 52.5 Å². The molecule has 176 valence electrons. The fourth-order valence-electron chi connectivity index (χ4n) is 3.23. The van der Waals surface area contributed by atoms with E-state index in [2.05, 4.69) is 29.2 Å². The van der Waals surface area contributed by atoms with Crippen LogP contribution < -0.4 is 15.4 Å². The van der Waals surface area contributed by atoms with Crippen LogP contribution in [0, 0.1) is 0 Å². The summed E-state index contributed by atoms with van der Waals surface area (Å²) in [4.78, 5) is 35.3. The molecular formula is C26H26N2O6. The molecular weight excluding hydrogens is 436 g/mol. The van der Waals surface area contributed by atoms with E-state index in [1.54, 1.807) is 0 Å². The SMILES string of the molecule is CCC(C)c1ccc(Oc2cc(NC(=O)c3ccc(C(=O)OC)cc3)c(O)cc2NC=O)cc1. The van der Waals surface area contributed by atoms with Crippen molar-refractivity contribution < 1.29 is 29.0 Å². The van der Waals surface area contributed by atoms with Gasteiger partial charge in [-0.15, -0.1) is 0 Å². The van der Waals surface area contributed by atoms with Gasteiger partial charge in [-0.3, -0.25) is 9.59 Å². The van der Waals surface area contributed by atoms with Crippen molar-refractivity contribution in [3.63, 3.8) is 0 Å². The molecule has 3 aromatic rings. The molecule has 0 heterocycles. The largest absolute Gasteiger partial charge is 0.506 e. The molecule has 0 saturated carbocycles.